The Balaban J connectivity index is 2.58. The average molecular weight is 550 g/mol. The Morgan fingerprint density at radius 2 is 1.68 bits per heavy atom. The number of alkyl carbamates (subject to hydrolysis) is 1. The van der Waals surface area contributed by atoms with E-state index in [1.54, 1.807) is 45.0 Å². The van der Waals surface area contributed by atoms with Gasteiger partial charge in [-0.3, -0.25) is 14.4 Å². The number of nitrogens with zero attached hydrogens (tertiary/aromatic N) is 1. The van der Waals surface area contributed by atoms with Gasteiger partial charge in [-0.05, 0) is 44.4 Å². The van der Waals surface area contributed by atoms with Gasteiger partial charge in [-0.1, -0.05) is 67.8 Å². The number of nitrogens with one attached hydrogen (secondary N) is 2. The quantitative estimate of drug-likeness (QED) is 0.308. The number of methoxy groups -OCH3 is 1. The second kappa shape index (κ2) is 15.3. The maximum absolute atomic E-state index is 14.3. The van der Waals surface area contributed by atoms with Crippen LogP contribution >= 0.6 is 0 Å². The van der Waals surface area contributed by atoms with Crippen molar-refractivity contribution >= 4 is 23.9 Å². The van der Waals surface area contributed by atoms with Crippen molar-refractivity contribution in [1.82, 2.24) is 15.5 Å². The fourth-order valence-electron chi connectivity index (χ4n) is 4.04. The maximum atomic E-state index is 14.3. The zero-order valence-electron chi connectivity index (χ0n) is 23.9. The summed E-state index contributed by atoms with van der Waals surface area (Å²) in [5.41, 5.74) is 0.874. The first-order valence-corrected chi connectivity index (χ1v) is 13.2. The minimum Gasteiger partial charge on any atom is -0.468 e. The zero-order chi connectivity index (χ0) is 29.7. The number of carbonyl (C=O) groups excluding carboxylic acids is 4. The van der Waals surface area contributed by atoms with E-state index in [9.17, 15) is 19.2 Å². The van der Waals surface area contributed by atoms with Crippen LogP contribution in [-0.4, -0.2) is 60.6 Å². The number of hydrogen-bond acceptors (Lipinski definition) is 6. The number of terminal acetylenes is 1. The molecule has 2 rings (SSSR count). The Labute approximate surface area is 236 Å². The normalized spacial score (nSPS) is 12.3. The van der Waals surface area contributed by atoms with Crippen molar-refractivity contribution in [3.05, 3.63) is 71.3 Å². The number of unbranched alkanes of at least 4 members (excludes halogenated alkanes) is 1. The minimum absolute atomic E-state index is 0.162. The van der Waals surface area contributed by atoms with Crippen molar-refractivity contribution < 1.29 is 28.7 Å². The Kier molecular flexibility index (Phi) is 12.2. The molecule has 0 aliphatic heterocycles. The van der Waals surface area contributed by atoms with Crippen LogP contribution in [0.2, 0.25) is 0 Å². The third kappa shape index (κ3) is 9.77. The number of benzene rings is 2. The molecule has 2 aromatic carbocycles. The molecular weight excluding hydrogens is 510 g/mol. The molecule has 0 bridgehead atoms. The van der Waals surface area contributed by atoms with Crippen LogP contribution in [0.5, 0.6) is 0 Å². The molecule has 0 spiro atoms. The molecular formula is C31H39N3O6. The summed E-state index contributed by atoms with van der Waals surface area (Å²) in [4.78, 5) is 54.0. The van der Waals surface area contributed by atoms with Gasteiger partial charge in [0.25, 0.3) is 0 Å². The van der Waals surface area contributed by atoms with Gasteiger partial charge < -0.3 is 25.0 Å². The molecule has 2 N–H and O–H groups in total. The first-order valence-electron chi connectivity index (χ1n) is 13.2. The van der Waals surface area contributed by atoms with Gasteiger partial charge in [0, 0.05) is 18.5 Å². The molecule has 0 aliphatic rings. The molecule has 9 heteroatoms. The maximum Gasteiger partial charge on any atom is 0.408 e. The van der Waals surface area contributed by atoms with Gasteiger partial charge in [-0.2, -0.15) is 0 Å². The van der Waals surface area contributed by atoms with Crippen LogP contribution in [0.3, 0.4) is 0 Å². The SMILES string of the molecule is C#Cc1ccccc1C(C(=O)NCC(=O)OC)N(CCCC)C(=O)C(Cc1ccccc1)NC(=O)OC(C)(C)C. The zero-order valence-corrected chi connectivity index (χ0v) is 23.9. The summed E-state index contributed by atoms with van der Waals surface area (Å²) in [5, 5.41) is 5.28. The lowest BCUT2D eigenvalue weighted by atomic mass is 9.96. The van der Waals surface area contributed by atoms with Gasteiger partial charge >= 0.3 is 12.1 Å². The molecule has 214 valence electrons. The number of hydrogen-bond donors (Lipinski definition) is 2. The van der Waals surface area contributed by atoms with Gasteiger partial charge in [0.05, 0.1) is 7.11 Å². The molecule has 2 atom stereocenters. The fourth-order valence-corrected chi connectivity index (χ4v) is 4.04. The van der Waals surface area contributed by atoms with Gasteiger partial charge in [0.2, 0.25) is 11.8 Å². The van der Waals surface area contributed by atoms with Crippen LogP contribution in [0, 0.1) is 12.3 Å². The predicted octanol–water partition coefficient (Wildman–Crippen LogP) is 3.76. The Hall–Kier alpha value is -4.32. The lowest BCUT2D eigenvalue weighted by Gasteiger charge is -2.35. The molecule has 0 radical (unpaired) electrons. The Morgan fingerprint density at radius 3 is 2.27 bits per heavy atom. The molecule has 0 aliphatic carbocycles. The van der Waals surface area contributed by atoms with Crippen LogP contribution in [0.1, 0.15) is 63.3 Å². The van der Waals surface area contributed by atoms with Gasteiger partial charge in [-0.25, -0.2) is 4.79 Å². The number of amides is 3. The van der Waals surface area contributed by atoms with Crippen LogP contribution in [0.25, 0.3) is 0 Å². The van der Waals surface area contributed by atoms with E-state index in [2.05, 4.69) is 21.3 Å². The number of rotatable bonds is 12. The van der Waals surface area contributed by atoms with Crippen molar-refractivity contribution in [2.24, 2.45) is 0 Å². The van der Waals surface area contributed by atoms with Crippen molar-refractivity contribution in [3.63, 3.8) is 0 Å². The Bertz CT molecular complexity index is 1200. The smallest absolute Gasteiger partial charge is 0.408 e. The number of ether oxygens (including phenoxy) is 2. The highest BCUT2D eigenvalue weighted by atomic mass is 16.6. The summed E-state index contributed by atoms with van der Waals surface area (Å²) in [6.07, 6.45) is 6.48. The van der Waals surface area contributed by atoms with Gasteiger partial charge in [0.1, 0.15) is 24.2 Å². The standard InChI is InChI=1S/C31H39N3O6/c1-7-9-19-34(27(28(36)32-21-26(35)39-6)24-18-14-13-17-23(24)8-2)29(37)25(20-22-15-11-10-12-16-22)33-30(38)40-31(3,4)5/h2,10-18,25,27H,7,9,19-21H2,1,3-6H3,(H,32,36)(H,33,38). The molecule has 0 saturated carbocycles. The summed E-state index contributed by atoms with van der Waals surface area (Å²) in [6.45, 7) is 6.96. The van der Waals surface area contributed by atoms with E-state index in [0.29, 0.717) is 17.5 Å². The first kappa shape index (κ1) is 31.9. The molecule has 2 aromatic rings. The topological polar surface area (TPSA) is 114 Å². The summed E-state index contributed by atoms with van der Waals surface area (Å²) in [6, 6.07) is 13.8. The first-order chi connectivity index (χ1) is 19.0. The molecule has 2 unspecified atom stereocenters. The summed E-state index contributed by atoms with van der Waals surface area (Å²) in [5.74, 6) is 0.847. The fraction of sp³-hybridized carbons (Fsp3) is 0.419. The van der Waals surface area contributed by atoms with E-state index in [-0.39, 0.29) is 19.5 Å². The van der Waals surface area contributed by atoms with Crippen LogP contribution in [0.4, 0.5) is 4.79 Å². The van der Waals surface area contributed by atoms with Crippen LogP contribution in [0.15, 0.2) is 54.6 Å². The lowest BCUT2D eigenvalue weighted by molar-refractivity contribution is -0.144. The molecule has 40 heavy (non-hydrogen) atoms. The highest BCUT2D eigenvalue weighted by Gasteiger charge is 2.37. The minimum atomic E-state index is -1.17. The highest BCUT2D eigenvalue weighted by Crippen LogP contribution is 2.27. The van der Waals surface area contributed by atoms with Crippen molar-refractivity contribution in [1.29, 1.82) is 0 Å². The van der Waals surface area contributed by atoms with E-state index in [4.69, 9.17) is 11.2 Å². The van der Waals surface area contributed by atoms with Crippen LogP contribution in [-0.2, 0) is 30.3 Å². The van der Waals surface area contributed by atoms with Gasteiger partial charge in [0.15, 0.2) is 0 Å². The average Bonchev–Trinajstić information content (AvgIpc) is 2.92. The second-order valence-electron chi connectivity index (χ2n) is 10.2. The molecule has 3 amide bonds. The summed E-state index contributed by atoms with van der Waals surface area (Å²) in [7, 11) is 1.22. The van der Waals surface area contributed by atoms with Crippen molar-refractivity contribution in [2.75, 3.05) is 20.2 Å². The third-order valence-electron chi connectivity index (χ3n) is 5.91. The number of esters is 1. The van der Waals surface area contributed by atoms with E-state index >= 15 is 0 Å². The number of carbonyl (C=O) groups is 4. The lowest BCUT2D eigenvalue weighted by Crippen LogP contribution is -2.54. The monoisotopic (exact) mass is 549 g/mol. The molecule has 0 saturated heterocycles. The summed E-state index contributed by atoms with van der Waals surface area (Å²) < 4.78 is 10.1. The van der Waals surface area contributed by atoms with Crippen molar-refractivity contribution in [2.45, 2.75) is 64.6 Å². The van der Waals surface area contributed by atoms with E-state index in [0.717, 1.165) is 12.0 Å². The molecule has 0 aromatic heterocycles. The molecule has 0 heterocycles. The van der Waals surface area contributed by atoms with Gasteiger partial charge in [-0.15, -0.1) is 6.42 Å². The van der Waals surface area contributed by atoms with E-state index in [1.165, 1.54) is 12.0 Å². The largest absolute Gasteiger partial charge is 0.468 e. The summed E-state index contributed by atoms with van der Waals surface area (Å²) >= 11 is 0. The Morgan fingerprint density at radius 1 is 1.02 bits per heavy atom. The van der Waals surface area contributed by atoms with E-state index < -0.39 is 41.6 Å². The second-order valence-corrected chi connectivity index (χ2v) is 10.2. The van der Waals surface area contributed by atoms with Crippen LogP contribution < -0.4 is 10.6 Å². The molecule has 9 nitrogen and oxygen atoms in total. The predicted molar refractivity (Wildman–Crippen MR) is 152 cm³/mol. The third-order valence-corrected chi connectivity index (χ3v) is 5.91. The molecule has 0 fully saturated rings. The van der Waals surface area contributed by atoms with Crippen molar-refractivity contribution in [3.8, 4) is 12.3 Å². The van der Waals surface area contributed by atoms with E-state index in [1.807, 2.05) is 37.3 Å². The highest BCUT2D eigenvalue weighted by molar-refractivity contribution is 5.93.